The van der Waals surface area contributed by atoms with E-state index in [-0.39, 0.29) is 86.1 Å². The SMILES string of the molecule is CC(=O)N(CC[C@H](N)C(=O)NCCC(=O)N[C@@H](Cc1ccc(NC(=O)[C@H](C)NC(=O)[C@@H](NC(=O)CCCCCN2C(=O)C=CC2=O)C(C)C)cc1)C(=O)O)[C@@H](c1nc(-c2cc(F)ccc2F)cn1Cc1ccccc1)C(C)(C)C.O=C(O)C(F)(F)F. The van der Waals surface area contributed by atoms with E-state index in [1.807, 2.05) is 51.1 Å². The van der Waals surface area contributed by atoms with Crippen LogP contribution in [0.1, 0.15) is 110 Å². The third-order valence-corrected chi connectivity index (χ3v) is 13.4. The van der Waals surface area contributed by atoms with Crippen LogP contribution in [-0.2, 0) is 60.9 Å². The van der Waals surface area contributed by atoms with Gasteiger partial charge in [0.25, 0.3) is 11.8 Å². The Kier molecular flexibility index (Phi) is 25.8. The van der Waals surface area contributed by atoms with Crippen LogP contribution in [0.3, 0.4) is 0 Å². The minimum atomic E-state index is -5.08. The lowest BCUT2D eigenvalue weighted by molar-refractivity contribution is -0.192. The molecule has 0 aliphatic carbocycles. The first-order valence-electron chi connectivity index (χ1n) is 27.5. The number of rotatable bonds is 28. The van der Waals surface area contributed by atoms with Crippen molar-refractivity contribution in [1.82, 2.24) is 40.6 Å². The van der Waals surface area contributed by atoms with Gasteiger partial charge in [-0.05, 0) is 79.0 Å². The Balaban J connectivity index is 0.00000212. The molecule has 8 amide bonds. The molecule has 86 heavy (non-hydrogen) atoms. The maximum atomic E-state index is 15.1. The first-order chi connectivity index (χ1) is 40.3. The summed E-state index contributed by atoms with van der Waals surface area (Å²) in [6, 6.07) is 13.6. The standard InChI is InChI=1S/C57H72F2N10O10.C2HF3O2/c1-34(2)50(66-46(71)16-12-9-13-28-69-48(73)23-24-49(69)74)55(77)62-35(3)53(75)63-40-20-17-37(18-21-40)30-44(56(78)79)64-47(72)25-27-61-54(76)43(60)26-29-68(36(4)70)51(57(5,6)7)52-65-45(41-31-39(58)19-22-42(41)59)33-67(52)32-38-14-10-8-11-15-38;3-2(4,5)1(6)7/h8,10-11,14-15,17-24,31,33-35,43-44,50-51H,9,12-13,16,25-30,32,60H2,1-7H3,(H,61,76)(H,62,77)(H,63,75)(H,64,72)(H,66,71)(H,78,79);(H,6,7)/t35-,43-,44-,50-,51-;/m0./s1. The summed E-state index contributed by atoms with van der Waals surface area (Å²) >= 11 is 0. The molecule has 0 unspecified atom stereocenters. The van der Waals surface area contributed by atoms with Crippen molar-refractivity contribution >= 4 is 64.9 Å². The molecule has 27 heteroatoms. The lowest BCUT2D eigenvalue weighted by Crippen LogP contribution is -2.53. The highest BCUT2D eigenvalue weighted by molar-refractivity contribution is 6.12. The van der Waals surface area contributed by atoms with Crippen LogP contribution in [0.2, 0.25) is 0 Å². The topological polar surface area (TPSA) is 322 Å². The highest BCUT2D eigenvalue weighted by Crippen LogP contribution is 2.40. The minimum absolute atomic E-state index is 0.000414. The molecular weight excluding hydrogens is 1140 g/mol. The van der Waals surface area contributed by atoms with E-state index in [0.717, 1.165) is 28.7 Å². The van der Waals surface area contributed by atoms with Crippen LogP contribution >= 0.6 is 0 Å². The number of halogens is 5. The molecule has 3 aromatic carbocycles. The summed E-state index contributed by atoms with van der Waals surface area (Å²) < 4.78 is 63.0. The van der Waals surface area contributed by atoms with Gasteiger partial charge in [0.2, 0.25) is 35.4 Å². The summed E-state index contributed by atoms with van der Waals surface area (Å²) in [5.41, 5.74) is 7.51. The van der Waals surface area contributed by atoms with Crippen molar-refractivity contribution in [2.24, 2.45) is 17.1 Å². The van der Waals surface area contributed by atoms with Gasteiger partial charge in [0.1, 0.15) is 35.6 Å². The Bertz CT molecular complexity index is 3080. The third kappa shape index (κ3) is 21.6. The molecule has 2 heterocycles. The predicted octanol–water partition coefficient (Wildman–Crippen LogP) is 5.55. The number of carboxylic acid groups (broad SMARTS) is 2. The summed E-state index contributed by atoms with van der Waals surface area (Å²) in [5.74, 6) is -9.15. The fourth-order valence-corrected chi connectivity index (χ4v) is 8.89. The Labute approximate surface area is 493 Å². The fraction of sp³-hybridized carbons (Fsp3) is 0.441. The molecule has 1 aromatic heterocycles. The maximum absolute atomic E-state index is 15.1. The van der Waals surface area contributed by atoms with Crippen LogP contribution < -0.4 is 32.3 Å². The molecule has 0 bridgehead atoms. The lowest BCUT2D eigenvalue weighted by Gasteiger charge is -2.40. The summed E-state index contributed by atoms with van der Waals surface area (Å²) in [4.78, 5) is 131. The average Bonchev–Trinajstić information content (AvgIpc) is 1.77. The molecule has 0 saturated carbocycles. The highest BCUT2D eigenvalue weighted by Gasteiger charge is 2.39. The van der Waals surface area contributed by atoms with Crippen LogP contribution in [0.15, 0.2) is 91.1 Å². The van der Waals surface area contributed by atoms with Crippen molar-refractivity contribution in [2.45, 2.75) is 136 Å². The number of nitrogens with zero attached hydrogens (tertiary/aromatic N) is 4. The van der Waals surface area contributed by atoms with Crippen LogP contribution in [0, 0.1) is 23.0 Å². The Hall–Kier alpha value is -8.88. The van der Waals surface area contributed by atoms with Gasteiger partial charge in [0, 0.05) is 82.0 Å². The van der Waals surface area contributed by atoms with E-state index in [9.17, 15) is 65.8 Å². The number of aliphatic carboxylic acids is 2. The van der Waals surface area contributed by atoms with Gasteiger partial charge < -0.3 is 52.0 Å². The fourth-order valence-electron chi connectivity index (χ4n) is 8.89. The zero-order valence-corrected chi connectivity index (χ0v) is 48.6. The molecule has 0 spiro atoms. The van der Waals surface area contributed by atoms with Crippen LogP contribution in [0.25, 0.3) is 11.3 Å². The number of hydrogen-bond acceptors (Lipinski definition) is 12. The van der Waals surface area contributed by atoms with Gasteiger partial charge in [0.05, 0.1) is 17.8 Å². The van der Waals surface area contributed by atoms with Crippen molar-refractivity contribution in [3.05, 3.63) is 120 Å². The van der Waals surface area contributed by atoms with Gasteiger partial charge in [-0.25, -0.2) is 23.4 Å². The summed E-state index contributed by atoms with van der Waals surface area (Å²) in [6.45, 7) is 12.4. The molecule has 1 aliphatic rings. The second-order valence-electron chi connectivity index (χ2n) is 21.8. The largest absolute Gasteiger partial charge is 0.490 e. The van der Waals surface area contributed by atoms with E-state index >= 15 is 4.39 Å². The number of nitrogens with one attached hydrogen (secondary N) is 5. The summed E-state index contributed by atoms with van der Waals surface area (Å²) in [5, 5.41) is 30.2. The summed E-state index contributed by atoms with van der Waals surface area (Å²) in [6.07, 6.45) is 0.243. The van der Waals surface area contributed by atoms with Gasteiger partial charge in [-0.3, -0.25) is 43.3 Å². The van der Waals surface area contributed by atoms with E-state index in [1.165, 1.54) is 38.1 Å². The number of benzene rings is 3. The van der Waals surface area contributed by atoms with E-state index in [2.05, 4.69) is 26.6 Å². The number of imidazole rings is 1. The minimum Gasteiger partial charge on any atom is -0.480 e. The number of anilines is 1. The molecule has 9 N–H and O–H groups in total. The second-order valence-corrected chi connectivity index (χ2v) is 21.8. The van der Waals surface area contributed by atoms with Gasteiger partial charge in [-0.15, -0.1) is 0 Å². The van der Waals surface area contributed by atoms with Gasteiger partial charge >= 0.3 is 18.1 Å². The number of carbonyl (C=O) groups is 10. The number of amides is 8. The molecule has 22 nitrogen and oxygen atoms in total. The zero-order chi connectivity index (χ0) is 64.2. The van der Waals surface area contributed by atoms with Gasteiger partial charge in [-0.2, -0.15) is 13.2 Å². The molecule has 466 valence electrons. The normalized spacial score (nSPS) is 14.0. The molecule has 4 aromatic rings. The number of carboxylic acids is 2. The van der Waals surface area contributed by atoms with Crippen molar-refractivity contribution in [2.75, 3.05) is 25.0 Å². The highest BCUT2D eigenvalue weighted by atomic mass is 19.4. The molecule has 0 saturated heterocycles. The number of imide groups is 1. The van der Waals surface area contributed by atoms with E-state index in [1.54, 1.807) is 41.6 Å². The number of nitrogens with two attached hydrogens (primary N) is 1. The molecular formula is C59H73F5N10O12. The number of carbonyl (C=O) groups excluding carboxylic acids is 8. The lowest BCUT2D eigenvalue weighted by atomic mass is 9.84. The first kappa shape index (κ1) is 69.6. The maximum Gasteiger partial charge on any atom is 0.490 e. The Morgan fingerprint density at radius 3 is 1.94 bits per heavy atom. The second kappa shape index (κ2) is 31.9. The Morgan fingerprint density at radius 1 is 0.756 bits per heavy atom. The van der Waals surface area contributed by atoms with Crippen molar-refractivity contribution in [1.29, 1.82) is 0 Å². The third-order valence-electron chi connectivity index (χ3n) is 13.4. The number of alkyl halides is 3. The predicted molar refractivity (Wildman–Crippen MR) is 304 cm³/mol. The van der Waals surface area contributed by atoms with Crippen molar-refractivity contribution in [3.63, 3.8) is 0 Å². The van der Waals surface area contributed by atoms with Crippen molar-refractivity contribution < 1.29 is 80.1 Å². The molecule has 5 rings (SSSR count). The number of unbranched alkanes of at least 4 members (excludes halogenated alkanes) is 2. The summed E-state index contributed by atoms with van der Waals surface area (Å²) in [7, 11) is 0. The molecule has 0 fully saturated rings. The first-order valence-corrected chi connectivity index (χ1v) is 27.5. The average molecular weight is 1210 g/mol. The van der Waals surface area contributed by atoms with E-state index in [4.69, 9.17) is 20.6 Å². The Morgan fingerprint density at radius 2 is 1.37 bits per heavy atom. The number of hydrogen-bond donors (Lipinski definition) is 8. The van der Waals surface area contributed by atoms with Gasteiger partial charge in [-0.1, -0.05) is 83.5 Å². The zero-order valence-electron chi connectivity index (χ0n) is 48.6. The molecule has 1 aliphatic heterocycles. The van der Waals surface area contributed by atoms with Crippen molar-refractivity contribution in [3.8, 4) is 11.3 Å². The van der Waals surface area contributed by atoms with E-state index in [0.29, 0.717) is 42.9 Å². The van der Waals surface area contributed by atoms with Gasteiger partial charge in [0.15, 0.2) is 0 Å². The van der Waals surface area contributed by atoms with Crippen LogP contribution in [0.4, 0.5) is 27.6 Å². The quantitative estimate of drug-likeness (QED) is 0.0196. The molecule has 0 radical (unpaired) electrons. The number of aromatic nitrogens is 2. The van der Waals surface area contributed by atoms with Crippen LogP contribution in [-0.4, -0.2) is 139 Å². The van der Waals surface area contributed by atoms with Crippen LogP contribution in [0.5, 0.6) is 0 Å². The monoisotopic (exact) mass is 1210 g/mol. The smallest absolute Gasteiger partial charge is 0.480 e. The molecule has 5 atom stereocenters. The van der Waals surface area contributed by atoms with E-state index < -0.39 is 89.0 Å².